The van der Waals surface area contributed by atoms with Crippen molar-refractivity contribution in [1.82, 2.24) is 10.2 Å². The van der Waals surface area contributed by atoms with Crippen molar-refractivity contribution in [2.75, 3.05) is 19.8 Å². The highest BCUT2D eigenvalue weighted by Gasteiger charge is 2.21. The lowest BCUT2D eigenvalue weighted by molar-refractivity contribution is 0.300. The molecule has 3 nitrogen and oxygen atoms in total. The third-order valence-corrected chi connectivity index (χ3v) is 3.39. The first kappa shape index (κ1) is 10.5. The molecule has 1 aromatic carbocycles. The molecule has 0 radical (unpaired) electrons. The molecule has 1 saturated heterocycles. The lowest BCUT2D eigenvalue weighted by Gasteiger charge is -2.28. The van der Waals surface area contributed by atoms with Gasteiger partial charge in [0.1, 0.15) is 6.67 Å². The van der Waals surface area contributed by atoms with Crippen LogP contribution in [0.2, 0.25) is 0 Å². The lowest BCUT2D eigenvalue weighted by Crippen LogP contribution is -2.34. The molecule has 0 aromatic heterocycles. The van der Waals surface area contributed by atoms with Gasteiger partial charge >= 0.3 is 0 Å². The highest BCUT2D eigenvalue weighted by molar-refractivity contribution is 6.10. The Morgan fingerprint density at radius 3 is 2.88 bits per heavy atom. The summed E-state index contributed by atoms with van der Waals surface area (Å²) in [6.45, 7) is 3.00. The average molecular weight is 227 g/mol. The van der Waals surface area contributed by atoms with Crippen molar-refractivity contribution < 1.29 is 0 Å². The van der Waals surface area contributed by atoms with Gasteiger partial charge in [-0.05, 0) is 18.5 Å². The predicted octanol–water partition coefficient (Wildman–Crippen LogP) is 1.73. The molecule has 2 heterocycles. The second-order valence-corrected chi connectivity index (χ2v) is 4.56. The zero-order valence-electron chi connectivity index (χ0n) is 9.84. The number of rotatable bonds is 2. The van der Waals surface area contributed by atoms with Gasteiger partial charge in [0, 0.05) is 30.6 Å². The van der Waals surface area contributed by atoms with Crippen LogP contribution >= 0.6 is 0 Å². The van der Waals surface area contributed by atoms with E-state index in [9.17, 15) is 0 Å². The van der Waals surface area contributed by atoms with Crippen LogP contribution in [0, 0.1) is 0 Å². The SMILES string of the molecule is C1=NCN([C@@H]2CCNC2)C=C1c1ccccc1. The summed E-state index contributed by atoms with van der Waals surface area (Å²) < 4.78 is 0. The van der Waals surface area contributed by atoms with E-state index in [1.165, 1.54) is 17.6 Å². The Morgan fingerprint density at radius 2 is 2.12 bits per heavy atom. The number of hydrogen-bond acceptors (Lipinski definition) is 3. The maximum absolute atomic E-state index is 4.47. The van der Waals surface area contributed by atoms with Crippen molar-refractivity contribution in [2.45, 2.75) is 12.5 Å². The van der Waals surface area contributed by atoms with E-state index in [0.29, 0.717) is 6.04 Å². The largest absolute Gasteiger partial charge is 0.353 e. The summed E-state index contributed by atoms with van der Waals surface area (Å²) in [5.41, 5.74) is 2.45. The summed E-state index contributed by atoms with van der Waals surface area (Å²) in [6, 6.07) is 11.1. The highest BCUT2D eigenvalue weighted by atomic mass is 15.2. The predicted molar refractivity (Wildman–Crippen MR) is 70.9 cm³/mol. The summed E-state index contributed by atoms with van der Waals surface area (Å²) in [7, 11) is 0. The quantitative estimate of drug-likeness (QED) is 0.833. The third kappa shape index (κ3) is 2.24. The molecule has 0 spiro atoms. The zero-order chi connectivity index (χ0) is 11.5. The van der Waals surface area contributed by atoms with Crippen molar-refractivity contribution >= 4 is 11.8 Å². The van der Waals surface area contributed by atoms with Gasteiger partial charge in [0.2, 0.25) is 0 Å². The summed E-state index contributed by atoms with van der Waals surface area (Å²) in [5.74, 6) is 0. The van der Waals surface area contributed by atoms with Crippen molar-refractivity contribution in [3.8, 4) is 0 Å². The molecule has 0 saturated carbocycles. The molecule has 1 N–H and O–H groups in total. The first-order valence-corrected chi connectivity index (χ1v) is 6.17. The first-order chi connectivity index (χ1) is 8.43. The van der Waals surface area contributed by atoms with E-state index in [2.05, 4.69) is 45.7 Å². The van der Waals surface area contributed by atoms with Gasteiger partial charge in [0.15, 0.2) is 0 Å². The number of allylic oxidation sites excluding steroid dienone is 1. The van der Waals surface area contributed by atoms with Crippen LogP contribution in [0.25, 0.3) is 5.57 Å². The van der Waals surface area contributed by atoms with Crippen molar-refractivity contribution in [3.63, 3.8) is 0 Å². The minimum absolute atomic E-state index is 0.603. The molecule has 1 fully saturated rings. The second kappa shape index (κ2) is 4.72. The number of hydrogen-bond donors (Lipinski definition) is 1. The van der Waals surface area contributed by atoms with Crippen LogP contribution in [0.5, 0.6) is 0 Å². The van der Waals surface area contributed by atoms with Gasteiger partial charge in [-0.15, -0.1) is 0 Å². The Kier molecular flexibility index (Phi) is 2.92. The molecule has 1 aromatic rings. The van der Waals surface area contributed by atoms with E-state index in [1.54, 1.807) is 0 Å². The Hall–Kier alpha value is -1.61. The van der Waals surface area contributed by atoms with Crippen molar-refractivity contribution in [3.05, 3.63) is 42.1 Å². The molecule has 2 aliphatic rings. The van der Waals surface area contributed by atoms with E-state index in [1.807, 2.05) is 12.3 Å². The van der Waals surface area contributed by atoms with Crippen LogP contribution in [-0.4, -0.2) is 36.9 Å². The standard InChI is InChI=1S/C14H17N3/c1-2-4-12(5-3-1)13-8-16-11-17(10-13)14-6-7-15-9-14/h1-5,8,10,14-15H,6-7,9,11H2/t14-/m1/s1. The molecular weight excluding hydrogens is 210 g/mol. The highest BCUT2D eigenvalue weighted by Crippen LogP contribution is 2.19. The topological polar surface area (TPSA) is 27.6 Å². The summed E-state index contributed by atoms with van der Waals surface area (Å²) in [6.07, 6.45) is 5.45. The van der Waals surface area contributed by atoms with Crippen LogP contribution < -0.4 is 5.32 Å². The van der Waals surface area contributed by atoms with Gasteiger partial charge in [-0.25, -0.2) is 0 Å². The molecule has 0 unspecified atom stereocenters. The molecule has 0 aliphatic carbocycles. The second-order valence-electron chi connectivity index (χ2n) is 4.56. The number of nitrogens with zero attached hydrogens (tertiary/aromatic N) is 2. The first-order valence-electron chi connectivity index (χ1n) is 6.17. The monoisotopic (exact) mass is 227 g/mol. The Morgan fingerprint density at radius 1 is 1.24 bits per heavy atom. The maximum atomic E-state index is 4.47. The average Bonchev–Trinajstić information content (AvgIpc) is 2.94. The molecule has 3 heteroatoms. The van der Waals surface area contributed by atoms with Gasteiger partial charge in [0.05, 0.1) is 0 Å². The fraction of sp³-hybridized carbons (Fsp3) is 0.357. The van der Waals surface area contributed by atoms with Gasteiger partial charge in [-0.2, -0.15) is 0 Å². The van der Waals surface area contributed by atoms with E-state index in [4.69, 9.17) is 0 Å². The Balaban J connectivity index is 1.82. The minimum Gasteiger partial charge on any atom is -0.353 e. The van der Waals surface area contributed by atoms with Crippen LogP contribution in [0.15, 0.2) is 41.5 Å². The number of aliphatic imine (C=N–C) groups is 1. The molecule has 3 rings (SSSR count). The molecule has 0 bridgehead atoms. The Labute approximate surface area is 102 Å². The van der Waals surface area contributed by atoms with E-state index in [-0.39, 0.29) is 0 Å². The zero-order valence-corrected chi connectivity index (χ0v) is 9.84. The fourth-order valence-electron chi connectivity index (χ4n) is 2.41. The Bertz CT molecular complexity index is 430. The third-order valence-electron chi connectivity index (χ3n) is 3.39. The number of nitrogens with one attached hydrogen (secondary N) is 1. The molecular formula is C14H17N3. The lowest BCUT2D eigenvalue weighted by atomic mass is 10.1. The fourth-order valence-corrected chi connectivity index (χ4v) is 2.41. The molecule has 0 amide bonds. The van der Waals surface area contributed by atoms with E-state index < -0.39 is 0 Å². The molecule has 2 aliphatic heterocycles. The minimum atomic E-state index is 0.603. The van der Waals surface area contributed by atoms with Gasteiger partial charge in [-0.3, -0.25) is 4.99 Å². The van der Waals surface area contributed by atoms with E-state index >= 15 is 0 Å². The molecule has 88 valence electrons. The van der Waals surface area contributed by atoms with Crippen LogP contribution in [-0.2, 0) is 0 Å². The van der Waals surface area contributed by atoms with Crippen LogP contribution in [0.3, 0.4) is 0 Å². The van der Waals surface area contributed by atoms with Gasteiger partial charge < -0.3 is 10.2 Å². The van der Waals surface area contributed by atoms with Crippen molar-refractivity contribution in [2.24, 2.45) is 4.99 Å². The molecule has 1 atom stereocenters. The van der Waals surface area contributed by atoms with Crippen molar-refractivity contribution in [1.29, 1.82) is 0 Å². The normalized spacial score (nSPS) is 23.9. The van der Waals surface area contributed by atoms with Crippen LogP contribution in [0.4, 0.5) is 0 Å². The summed E-state index contributed by atoms with van der Waals surface area (Å²) in [4.78, 5) is 6.82. The van der Waals surface area contributed by atoms with Gasteiger partial charge in [0.25, 0.3) is 0 Å². The number of benzene rings is 1. The van der Waals surface area contributed by atoms with Gasteiger partial charge in [-0.1, -0.05) is 30.3 Å². The summed E-state index contributed by atoms with van der Waals surface area (Å²) in [5, 5.41) is 3.40. The summed E-state index contributed by atoms with van der Waals surface area (Å²) >= 11 is 0. The molecule has 17 heavy (non-hydrogen) atoms. The smallest absolute Gasteiger partial charge is 0.110 e. The van der Waals surface area contributed by atoms with Crippen LogP contribution in [0.1, 0.15) is 12.0 Å². The maximum Gasteiger partial charge on any atom is 0.110 e. The van der Waals surface area contributed by atoms with E-state index in [0.717, 1.165) is 19.8 Å².